The minimum atomic E-state index is -0.773. The van der Waals surface area contributed by atoms with Gasteiger partial charge in [-0.3, -0.25) is 4.79 Å². The molecule has 0 heterocycles. The molecule has 0 aromatic heterocycles. The fourth-order valence-corrected chi connectivity index (χ4v) is 1.98. The van der Waals surface area contributed by atoms with Crippen molar-refractivity contribution in [1.29, 1.82) is 0 Å². The highest BCUT2D eigenvalue weighted by Crippen LogP contribution is 2.32. The number of amides is 2. The molecule has 0 saturated heterocycles. The second-order valence-corrected chi connectivity index (χ2v) is 6.21. The van der Waals surface area contributed by atoms with Crippen LogP contribution in [0.3, 0.4) is 0 Å². The molecule has 0 fully saturated rings. The highest BCUT2D eigenvalue weighted by molar-refractivity contribution is 5.74. The molecule has 2 unspecified atom stereocenters. The van der Waals surface area contributed by atoms with E-state index < -0.39 is 5.97 Å². The highest BCUT2D eigenvalue weighted by Gasteiger charge is 2.24. The normalized spacial score (nSPS) is 14.2. The molecule has 0 aliphatic rings. The van der Waals surface area contributed by atoms with Crippen LogP contribution in [0.1, 0.15) is 47.0 Å². The Morgan fingerprint density at radius 1 is 1.30 bits per heavy atom. The molecule has 5 heteroatoms. The molecule has 0 spiro atoms. The van der Waals surface area contributed by atoms with E-state index in [9.17, 15) is 9.59 Å². The first-order chi connectivity index (χ1) is 9.16. The number of carboxylic acids is 1. The molecule has 0 aliphatic heterocycles. The van der Waals surface area contributed by atoms with Crippen LogP contribution in [0.25, 0.3) is 0 Å². The van der Waals surface area contributed by atoms with Gasteiger partial charge in [0.2, 0.25) is 0 Å². The average molecular weight is 284 g/mol. The van der Waals surface area contributed by atoms with E-state index in [1.807, 2.05) is 6.92 Å². The van der Waals surface area contributed by atoms with E-state index in [0.717, 1.165) is 6.42 Å². The molecule has 0 radical (unpaired) electrons. The van der Waals surface area contributed by atoms with E-state index in [-0.39, 0.29) is 29.8 Å². The lowest BCUT2D eigenvalue weighted by Gasteiger charge is -2.30. The zero-order valence-corrected chi connectivity index (χ0v) is 13.0. The van der Waals surface area contributed by atoms with E-state index in [4.69, 9.17) is 5.11 Å². The first-order valence-corrected chi connectivity index (χ1v) is 7.05. The molecule has 2 amide bonds. The van der Waals surface area contributed by atoms with E-state index in [2.05, 4.69) is 38.0 Å². The molecule has 2 atom stereocenters. The van der Waals surface area contributed by atoms with Crippen molar-refractivity contribution in [3.63, 3.8) is 0 Å². The Kier molecular flexibility index (Phi) is 7.96. The van der Waals surface area contributed by atoms with Crippen molar-refractivity contribution in [1.82, 2.24) is 10.6 Å². The van der Waals surface area contributed by atoms with Crippen LogP contribution in [-0.4, -0.2) is 29.7 Å². The van der Waals surface area contributed by atoms with Gasteiger partial charge in [0, 0.05) is 19.0 Å². The topological polar surface area (TPSA) is 78.4 Å². The van der Waals surface area contributed by atoms with E-state index in [1.54, 1.807) is 6.08 Å². The fourth-order valence-electron chi connectivity index (χ4n) is 1.98. The third-order valence-corrected chi connectivity index (χ3v) is 3.42. The van der Waals surface area contributed by atoms with E-state index in [0.29, 0.717) is 13.0 Å². The number of hydrogen-bond donors (Lipinski definition) is 3. The largest absolute Gasteiger partial charge is 0.481 e. The Morgan fingerprint density at radius 2 is 1.90 bits per heavy atom. The zero-order chi connectivity index (χ0) is 15.8. The maximum Gasteiger partial charge on any atom is 0.315 e. The highest BCUT2D eigenvalue weighted by atomic mass is 16.4. The van der Waals surface area contributed by atoms with Gasteiger partial charge in [0.15, 0.2) is 0 Å². The van der Waals surface area contributed by atoms with Crippen molar-refractivity contribution in [2.75, 3.05) is 6.54 Å². The Balaban J connectivity index is 4.17. The number of hydrogen-bond acceptors (Lipinski definition) is 2. The molecule has 0 aromatic rings. The molecule has 0 aliphatic carbocycles. The summed E-state index contributed by atoms with van der Waals surface area (Å²) in [7, 11) is 0. The second kappa shape index (κ2) is 8.61. The van der Waals surface area contributed by atoms with Crippen LogP contribution in [0.5, 0.6) is 0 Å². The molecule has 20 heavy (non-hydrogen) atoms. The van der Waals surface area contributed by atoms with Gasteiger partial charge in [-0.05, 0) is 31.1 Å². The van der Waals surface area contributed by atoms with Crippen LogP contribution in [-0.2, 0) is 4.79 Å². The predicted molar refractivity (Wildman–Crippen MR) is 80.6 cm³/mol. The van der Waals surface area contributed by atoms with Crippen molar-refractivity contribution in [2.24, 2.45) is 11.3 Å². The van der Waals surface area contributed by atoms with Crippen molar-refractivity contribution >= 4 is 12.0 Å². The number of carboxylic acid groups (broad SMARTS) is 1. The molecule has 5 nitrogen and oxygen atoms in total. The Hall–Kier alpha value is -1.52. The Bertz CT molecular complexity index is 335. The first kappa shape index (κ1) is 18.5. The monoisotopic (exact) mass is 284 g/mol. The van der Waals surface area contributed by atoms with Crippen molar-refractivity contribution in [2.45, 2.75) is 53.0 Å². The van der Waals surface area contributed by atoms with Gasteiger partial charge in [-0.25, -0.2) is 4.79 Å². The van der Waals surface area contributed by atoms with Crippen LogP contribution in [0.15, 0.2) is 12.7 Å². The fraction of sp³-hybridized carbons (Fsp3) is 0.733. The summed E-state index contributed by atoms with van der Waals surface area (Å²) < 4.78 is 0. The maximum atomic E-state index is 11.5. The predicted octanol–water partition coefficient (Wildman–Crippen LogP) is 2.78. The first-order valence-electron chi connectivity index (χ1n) is 7.05. The second-order valence-electron chi connectivity index (χ2n) is 6.21. The summed E-state index contributed by atoms with van der Waals surface area (Å²) >= 11 is 0. The summed E-state index contributed by atoms with van der Waals surface area (Å²) in [6.45, 7) is 12.3. The summed E-state index contributed by atoms with van der Waals surface area (Å²) in [5, 5.41) is 14.3. The van der Waals surface area contributed by atoms with Gasteiger partial charge in [-0.1, -0.05) is 26.8 Å². The number of aliphatic carboxylic acids is 1. The molecule has 3 N–H and O–H groups in total. The van der Waals surface area contributed by atoms with Gasteiger partial charge in [0.05, 0.1) is 0 Å². The standard InChI is InChI=1S/C15H28N2O3/c1-6-11(2)17-14(20)16-10-9-12(15(3,4)5)7-8-13(18)19/h6,11-12H,1,7-10H2,2-5H3,(H,18,19)(H2,16,17,20). The van der Waals surface area contributed by atoms with Crippen LogP contribution in [0.2, 0.25) is 0 Å². The van der Waals surface area contributed by atoms with Gasteiger partial charge in [0.1, 0.15) is 0 Å². The van der Waals surface area contributed by atoms with E-state index >= 15 is 0 Å². The van der Waals surface area contributed by atoms with Gasteiger partial charge in [-0.2, -0.15) is 0 Å². The minimum Gasteiger partial charge on any atom is -0.481 e. The van der Waals surface area contributed by atoms with E-state index in [1.165, 1.54) is 0 Å². The van der Waals surface area contributed by atoms with Gasteiger partial charge < -0.3 is 15.7 Å². The van der Waals surface area contributed by atoms with Crippen LogP contribution >= 0.6 is 0 Å². The van der Waals surface area contributed by atoms with Crippen molar-refractivity contribution in [3.8, 4) is 0 Å². The number of carbonyl (C=O) groups is 2. The lowest BCUT2D eigenvalue weighted by molar-refractivity contribution is -0.137. The minimum absolute atomic E-state index is 0.0298. The SMILES string of the molecule is C=CC(C)NC(=O)NCCC(CCC(=O)O)C(C)(C)C. The lowest BCUT2D eigenvalue weighted by atomic mass is 9.76. The summed E-state index contributed by atoms with van der Waals surface area (Å²) in [6, 6.07) is -0.288. The number of nitrogens with one attached hydrogen (secondary N) is 2. The van der Waals surface area contributed by atoms with Crippen LogP contribution < -0.4 is 10.6 Å². The molecule has 0 aromatic carbocycles. The molecule has 116 valence electrons. The van der Waals surface area contributed by atoms with Crippen LogP contribution in [0, 0.1) is 11.3 Å². The third kappa shape index (κ3) is 8.56. The van der Waals surface area contributed by atoms with Gasteiger partial charge in [0.25, 0.3) is 0 Å². The van der Waals surface area contributed by atoms with Gasteiger partial charge >= 0.3 is 12.0 Å². The smallest absolute Gasteiger partial charge is 0.315 e. The molecule has 0 saturated carbocycles. The molecule has 0 rings (SSSR count). The third-order valence-electron chi connectivity index (χ3n) is 3.42. The summed E-state index contributed by atoms with van der Waals surface area (Å²) in [5.41, 5.74) is 0.0298. The van der Waals surface area contributed by atoms with Crippen molar-refractivity contribution in [3.05, 3.63) is 12.7 Å². The Morgan fingerprint density at radius 3 is 2.35 bits per heavy atom. The molecular formula is C15H28N2O3. The number of rotatable bonds is 8. The molecular weight excluding hydrogens is 256 g/mol. The maximum absolute atomic E-state index is 11.5. The van der Waals surface area contributed by atoms with Gasteiger partial charge in [-0.15, -0.1) is 6.58 Å². The van der Waals surface area contributed by atoms with Crippen molar-refractivity contribution < 1.29 is 14.7 Å². The Labute approximate surface area is 121 Å². The average Bonchev–Trinajstić information content (AvgIpc) is 2.31. The quantitative estimate of drug-likeness (QED) is 0.600. The van der Waals surface area contributed by atoms with Crippen LogP contribution in [0.4, 0.5) is 4.79 Å². The lowest BCUT2D eigenvalue weighted by Crippen LogP contribution is -2.41. The molecule has 0 bridgehead atoms. The summed E-state index contributed by atoms with van der Waals surface area (Å²) in [4.78, 5) is 22.2. The summed E-state index contributed by atoms with van der Waals surface area (Å²) in [6.07, 6.45) is 3.23. The zero-order valence-electron chi connectivity index (χ0n) is 13.0. The summed E-state index contributed by atoms with van der Waals surface area (Å²) in [5.74, 6) is -0.513. The number of carbonyl (C=O) groups excluding carboxylic acids is 1. The number of urea groups is 1.